The van der Waals surface area contributed by atoms with E-state index in [0.29, 0.717) is 57.3 Å². The van der Waals surface area contributed by atoms with Crippen molar-refractivity contribution in [3.8, 4) is 11.5 Å². The third-order valence-corrected chi connectivity index (χ3v) is 6.35. The van der Waals surface area contributed by atoms with E-state index in [1.165, 1.54) is 18.7 Å². The van der Waals surface area contributed by atoms with Crippen LogP contribution in [0.2, 0.25) is 0 Å². The van der Waals surface area contributed by atoms with Crippen molar-refractivity contribution in [3.63, 3.8) is 0 Å². The number of hydrogen-bond donors (Lipinski definition) is 3. The molecule has 0 bridgehead atoms. The quantitative estimate of drug-likeness (QED) is 0.221. The van der Waals surface area contributed by atoms with Crippen LogP contribution in [-0.4, -0.2) is 61.1 Å². The summed E-state index contributed by atoms with van der Waals surface area (Å²) >= 11 is 0. The van der Waals surface area contributed by atoms with Crippen LogP contribution in [0, 0.1) is 6.92 Å². The number of aryl methyl sites for hydroxylation is 1. The molecular weight excluding hydrogens is 520 g/mol. The molecule has 0 spiro atoms. The molecule has 3 aromatic heterocycles. The monoisotopic (exact) mass is 552 g/mol. The molecule has 0 atom stereocenters. The van der Waals surface area contributed by atoms with Crippen LogP contribution in [0.5, 0.6) is 11.5 Å². The number of carbonyl (C=O) groups is 1. The number of amides is 1. The molecule has 11 heteroatoms. The second kappa shape index (κ2) is 11.3. The zero-order valence-electron chi connectivity index (χ0n) is 23.6. The number of hydrogen-bond acceptors (Lipinski definition) is 9. The largest absolute Gasteiger partial charge is 0.457 e. The second-order valence-corrected chi connectivity index (χ2v) is 10.5. The number of aliphatic hydroxyl groups is 1. The molecule has 0 saturated heterocycles. The number of anilines is 3. The summed E-state index contributed by atoms with van der Waals surface area (Å²) in [6, 6.07) is 12.8. The highest BCUT2D eigenvalue weighted by atomic mass is 16.5. The normalized spacial score (nSPS) is 12.0. The van der Waals surface area contributed by atoms with Gasteiger partial charge in [-0.15, -0.1) is 0 Å². The highest BCUT2D eigenvalue weighted by Crippen LogP contribution is 2.38. The van der Waals surface area contributed by atoms with Gasteiger partial charge in [0.1, 0.15) is 30.0 Å². The number of nitrogens with zero attached hydrogens (tertiary/aromatic N) is 6. The predicted octanol–water partition coefficient (Wildman–Crippen LogP) is 4.80. The molecule has 0 saturated carbocycles. The van der Waals surface area contributed by atoms with Crippen LogP contribution in [0.4, 0.5) is 17.2 Å². The summed E-state index contributed by atoms with van der Waals surface area (Å²) in [5, 5.41) is 22.2. The second-order valence-electron chi connectivity index (χ2n) is 10.5. The van der Waals surface area contributed by atoms with E-state index < -0.39 is 5.60 Å². The van der Waals surface area contributed by atoms with Gasteiger partial charge in [0.25, 0.3) is 0 Å². The maximum absolute atomic E-state index is 12.4. The Labute approximate surface area is 237 Å². The predicted molar refractivity (Wildman–Crippen MR) is 159 cm³/mol. The van der Waals surface area contributed by atoms with Crippen molar-refractivity contribution in [1.29, 1.82) is 0 Å². The van der Waals surface area contributed by atoms with Crippen LogP contribution in [0.15, 0.2) is 73.5 Å². The highest BCUT2D eigenvalue weighted by molar-refractivity contribution is 6.02. The van der Waals surface area contributed by atoms with Crippen molar-refractivity contribution in [3.05, 3.63) is 84.6 Å². The molecule has 0 aliphatic heterocycles. The standard InChI is InChI=1S/C30H32N8O3/c1-19-13-25(23(30(2,3)40)16-26(19)41-21-10-12-38-27(15-21)32-18-34-38)36-29-22-14-20(8-9-24(22)31-17-33-29)35-28(39)7-6-11-37(4)5/h6-10,12-18,40H,11H2,1-5H3,(H,35,39)(H,31,33,36)/b7-6+. The molecule has 2 aromatic carbocycles. The summed E-state index contributed by atoms with van der Waals surface area (Å²) in [7, 11) is 3.87. The first-order valence-electron chi connectivity index (χ1n) is 13.1. The van der Waals surface area contributed by atoms with Crippen LogP contribution >= 0.6 is 0 Å². The number of likely N-dealkylation sites (N-methyl/N-ethyl adjacent to an activating group) is 1. The molecule has 3 N–H and O–H groups in total. The minimum absolute atomic E-state index is 0.226. The molecule has 210 valence electrons. The third-order valence-electron chi connectivity index (χ3n) is 6.35. The number of nitrogens with one attached hydrogen (secondary N) is 2. The summed E-state index contributed by atoms with van der Waals surface area (Å²) in [6.45, 7) is 6.02. The fourth-order valence-corrected chi connectivity index (χ4v) is 4.31. The van der Waals surface area contributed by atoms with E-state index in [4.69, 9.17) is 4.74 Å². The maximum Gasteiger partial charge on any atom is 0.248 e. The van der Waals surface area contributed by atoms with Gasteiger partial charge >= 0.3 is 0 Å². The Morgan fingerprint density at radius 3 is 2.71 bits per heavy atom. The topological polar surface area (TPSA) is 130 Å². The Bertz CT molecular complexity index is 1750. The lowest BCUT2D eigenvalue weighted by atomic mass is 9.94. The Kier molecular flexibility index (Phi) is 7.64. The van der Waals surface area contributed by atoms with Gasteiger partial charge in [-0.2, -0.15) is 5.10 Å². The fraction of sp³-hybridized carbons (Fsp3) is 0.233. The SMILES string of the molecule is Cc1cc(Nc2ncnc3ccc(NC(=O)/C=C/CN(C)C)cc23)c(C(C)(C)O)cc1Oc1ccn2ncnc2c1. The first-order chi connectivity index (χ1) is 19.6. The Balaban J connectivity index is 1.45. The summed E-state index contributed by atoms with van der Waals surface area (Å²) in [6.07, 6.45) is 8.04. The molecule has 11 nitrogen and oxygen atoms in total. The number of carbonyl (C=O) groups excluding carboxylic acids is 1. The first kappa shape index (κ1) is 27.7. The molecule has 5 aromatic rings. The van der Waals surface area contributed by atoms with Gasteiger partial charge in [-0.25, -0.2) is 19.5 Å². The van der Waals surface area contributed by atoms with Gasteiger partial charge < -0.3 is 25.4 Å². The van der Waals surface area contributed by atoms with E-state index in [0.717, 1.165) is 5.56 Å². The van der Waals surface area contributed by atoms with Gasteiger partial charge in [-0.05, 0) is 76.8 Å². The number of ether oxygens (including phenoxy) is 1. The Hall–Kier alpha value is -4.87. The lowest BCUT2D eigenvalue weighted by Crippen LogP contribution is -2.18. The zero-order chi connectivity index (χ0) is 29.1. The van der Waals surface area contributed by atoms with Crippen LogP contribution in [0.25, 0.3) is 16.6 Å². The Morgan fingerprint density at radius 1 is 1.10 bits per heavy atom. The number of fused-ring (bicyclic) bond motifs is 2. The minimum atomic E-state index is -1.20. The van der Waals surface area contributed by atoms with Gasteiger partial charge in [0.2, 0.25) is 5.91 Å². The number of benzene rings is 2. The van der Waals surface area contributed by atoms with Gasteiger partial charge in [0.05, 0.1) is 11.1 Å². The van der Waals surface area contributed by atoms with Gasteiger partial charge in [-0.3, -0.25) is 4.79 Å². The summed E-state index contributed by atoms with van der Waals surface area (Å²) in [5.74, 6) is 1.50. The van der Waals surface area contributed by atoms with Crippen molar-refractivity contribution < 1.29 is 14.6 Å². The summed E-state index contributed by atoms with van der Waals surface area (Å²) < 4.78 is 7.85. The van der Waals surface area contributed by atoms with Crippen LogP contribution in [-0.2, 0) is 10.4 Å². The number of rotatable bonds is 9. The molecule has 0 fully saturated rings. The number of aromatic nitrogens is 5. The average Bonchev–Trinajstić information content (AvgIpc) is 3.37. The molecule has 0 radical (unpaired) electrons. The van der Waals surface area contributed by atoms with Crippen LogP contribution < -0.4 is 15.4 Å². The van der Waals surface area contributed by atoms with E-state index in [-0.39, 0.29) is 5.91 Å². The van der Waals surface area contributed by atoms with Crippen molar-refractivity contribution in [2.24, 2.45) is 0 Å². The summed E-state index contributed by atoms with van der Waals surface area (Å²) in [4.78, 5) is 27.4. The van der Waals surface area contributed by atoms with Crippen molar-refractivity contribution >= 4 is 39.6 Å². The van der Waals surface area contributed by atoms with E-state index in [2.05, 4.69) is 30.7 Å². The molecule has 1 amide bonds. The van der Waals surface area contributed by atoms with Crippen molar-refractivity contribution in [2.45, 2.75) is 26.4 Å². The summed E-state index contributed by atoms with van der Waals surface area (Å²) in [5.41, 5.74) is 2.90. The third kappa shape index (κ3) is 6.48. The molecular formula is C30H32N8O3. The van der Waals surface area contributed by atoms with E-state index in [1.54, 1.807) is 48.8 Å². The van der Waals surface area contributed by atoms with Gasteiger partial charge in [-0.1, -0.05) is 6.08 Å². The highest BCUT2D eigenvalue weighted by Gasteiger charge is 2.23. The number of pyridine rings is 1. The average molecular weight is 553 g/mol. The molecule has 41 heavy (non-hydrogen) atoms. The minimum Gasteiger partial charge on any atom is -0.457 e. The maximum atomic E-state index is 12.4. The van der Waals surface area contributed by atoms with Crippen molar-refractivity contribution in [1.82, 2.24) is 29.5 Å². The van der Waals surface area contributed by atoms with Crippen molar-refractivity contribution in [2.75, 3.05) is 31.3 Å². The first-order valence-corrected chi connectivity index (χ1v) is 13.1. The molecule has 0 unspecified atom stereocenters. The van der Waals surface area contributed by atoms with E-state index in [9.17, 15) is 9.90 Å². The smallest absolute Gasteiger partial charge is 0.248 e. The van der Waals surface area contributed by atoms with Gasteiger partial charge in [0.15, 0.2) is 5.65 Å². The molecule has 0 aliphatic carbocycles. The molecule has 0 aliphatic rings. The van der Waals surface area contributed by atoms with E-state index >= 15 is 0 Å². The lowest BCUT2D eigenvalue weighted by molar-refractivity contribution is -0.111. The van der Waals surface area contributed by atoms with Crippen LogP contribution in [0.3, 0.4) is 0 Å². The zero-order valence-corrected chi connectivity index (χ0v) is 23.6. The van der Waals surface area contributed by atoms with Crippen LogP contribution in [0.1, 0.15) is 25.0 Å². The Morgan fingerprint density at radius 2 is 1.93 bits per heavy atom. The lowest BCUT2D eigenvalue weighted by Gasteiger charge is -2.24. The van der Waals surface area contributed by atoms with E-state index in [1.807, 2.05) is 50.2 Å². The fourth-order valence-electron chi connectivity index (χ4n) is 4.31. The van der Waals surface area contributed by atoms with Gasteiger partial charge in [0, 0.05) is 47.2 Å². The molecule has 5 rings (SSSR count). The molecule has 3 heterocycles.